The Morgan fingerprint density at radius 2 is 1.92 bits per heavy atom. The largest absolute Gasteiger partial charge is 0.366 e. The van der Waals surface area contributed by atoms with Gasteiger partial charge in [0.15, 0.2) is 0 Å². The van der Waals surface area contributed by atoms with Gasteiger partial charge in [-0.2, -0.15) is 0 Å². The van der Waals surface area contributed by atoms with Crippen LogP contribution in [0.4, 0.5) is 11.5 Å². The molecule has 3 rings (SSSR count). The van der Waals surface area contributed by atoms with Crippen LogP contribution in [-0.4, -0.2) is 10.9 Å². The Morgan fingerprint density at radius 3 is 2.64 bits per heavy atom. The number of nitrogens with one attached hydrogen (secondary N) is 2. The predicted octanol–water partition coefficient (Wildman–Crippen LogP) is 5.02. The van der Waals surface area contributed by atoms with E-state index in [2.05, 4.69) is 56.7 Å². The van der Waals surface area contributed by atoms with E-state index in [0.717, 1.165) is 10.3 Å². The zero-order valence-corrected chi connectivity index (χ0v) is 15.4. The lowest BCUT2D eigenvalue weighted by molar-refractivity contribution is 0.102. The highest BCUT2D eigenvalue weighted by Gasteiger charge is 2.09. The first-order valence-electron chi connectivity index (χ1n) is 7.93. The molecular weight excluding hydrogens is 378 g/mol. The Labute approximate surface area is 155 Å². The number of rotatable bonds is 5. The Morgan fingerprint density at radius 1 is 1.08 bits per heavy atom. The van der Waals surface area contributed by atoms with Crippen molar-refractivity contribution >= 4 is 33.3 Å². The number of hydrogen-bond acceptors (Lipinski definition) is 3. The Kier molecular flexibility index (Phi) is 5.46. The van der Waals surface area contributed by atoms with Gasteiger partial charge >= 0.3 is 0 Å². The van der Waals surface area contributed by atoms with Crippen molar-refractivity contribution in [3.05, 3.63) is 88.0 Å². The van der Waals surface area contributed by atoms with Gasteiger partial charge in [0.1, 0.15) is 5.82 Å². The molecule has 0 unspecified atom stereocenters. The van der Waals surface area contributed by atoms with Crippen LogP contribution >= 0.6 is 15.9 Å². The van der Waals surface area contributed by atoms with Crippen molar-refractivity contribution in [2.24, 2.45) is 0 Å². The Hall–Kier alpha value is -2.66. The Bertz CT molecular complexity index is 878. The maximum Gasteiger partial charge on any atom is 0.256 e. The van der Waals surface area contributed by atoms with E-state index in [1.165, 1.54) is 11.1 Å². The molecule has 0 bridgehead atoms. The first-order chi connectivity index (χ1) is 12.1. The van der Waals surface area contributed by atoms with Gasteiger partial charge in [-0.1, -0.05) is 42.0 Å². The standard InChI is InChI=1S/C20H18BrN3O/c1-14-5-4-6-15(11-14)12-22-19-10-9-16(13-23-19)24-20(25)17-7-2-3-8-18(17)21/h2-11,13H,12H2,1H3,(H,22,23)(H,24,25). The van der Waals surface area contributed by atoms with E-state index >= 15 is 0 Å². The smallest absolute Gasteiger partial charge is 0.256 e. The zero-order valence-electron chi connectivity index (χ0n) is 13.8. The van der Waals surface area contributed by atoms with Crippen LogP contribution in [0.1, 0.15) is 21.5 Å². The number of carbonyl (C=O) groups is 1. The van der Waals surface area contributed by atoms with Crippen LogP contribution < -0.4 is 10.6 Å². The van der Waals surface area contributed by atoms with Gasteiger partial charge in [0.2, 0.25) is 0 Å². The summed E-state index contributed by atoms with van der Waals surface area (Å²) in [6.45, 7) is 2.78. The molecule has 25 heavy (non-hydrogen) atoms. The third-order valence-electron chi connectivity index (χ3n) is 3.70. The average molecular weight is 396 g/mol. The zero-order chi connectivity index (χ0) is 17.6. The maximum atomic E-state index is 12.3. The summed E-state index contributed by atoms with van der Waals surface area (Å²) in [4.78, 5) is 16.6. The molecule has 5 heteroatoms. The highest BCUT2D eigenvalue weighted by Crippen LogP contribution is 2.18. The van der Waals surface area contributed by atoms with E-state index in [-0.39, 0.29) is 5.91 Å². The van der Waals surface area contributed by atoms with Gasteiger partial charge in [-0.25, -0.2) is 4.98 Å². The summed E-state index contributed by atoms with van der Waals surface area (Å²) in [5.41, 5.74) is 3.68. The average Bonchev–Trinajstić information content (AvgIpc) is 2.61. The normalized spacial score (nSPS) is 10.3. The van der Waals surface area contributed by atoms with Crippen LogP contribution in [0.15, 0.2) is 71.3 Å². The number of pyridine rings is 1. The van der Waals surface area contributed by atoms with E-state index in [1.807, 2.05) is 36.4 Å². The van der Waals surface area contributed by atoms with Gasteiger partial charge in [0.25, 0.3) is 5.91 Å². The summed E-state index contributed by atoms with van der Waals surface area (Å²) < 4.78 is 0.761. The third-order valence-corrected chi connectivity index (χ3v) is 4.39. The highest BCUT2D eigenvalue weighted by molar-refractivity contribution is 9.10. The van der Waals surface area contributed by atoms with E-state index < -0.39 is 0 Å². The van der Waals surface area contributed by atoms with Crippen LogP contribution in [-0.2, 0) is 6.54 Å². The number of amides is 1. The van der Waals surface area contributed by atoms with Crippen LogP contribution in [0.3, 0.4) is 0 Å². The molecule has 0 atom stereocenters. The molecule has 4 nitrogen and oxygen atoms in total. The van der Waals surface area contributed by atoms with Crippen molar-refractivity contribution in [1.82, 2.24) is 4.98 Å². The van der Waals surface area contributed by atoms with Crippen molar-refractivity contribution in [3.63, 3.8) is 0 Å². The molecule has 0 saturated carbocycles. The monoisotopic (exact) mass is 395 g/mol. The second-order valence-electron chi connectivity index (χ2n) is 5.71. The molecule has 1 aromatic heterocycles. The van der Waals surface area contributed by atoms with Gasteiger partial charge in [-0.15, -0.1) is 0 Å². The summed E-state index contributed by atoms with van der Waals surface area (Å²) >= 11 is 3.38. The topological polar surface area (TPSA) is 54.0 Å². The SMILES string of the molecule is Cc1cccc(CNc2ccc(NC(=O)c3ccccc3Br)cn2)c1. The van der Waals surface area contributed by atoms with Crippen LogP contribution in [0.2, 0.25) is 0 Å². The summed E-state index contributed by atoms with van der Waals surface area (Å²) in [5, 5.41) is 6.13. The van der Waals surface area contributed by atoms with Crippen LogP contribution in [0.5, 0.6) is 0 Å². The molecule has 0 fully saturated rings. The lowest BCUT2D eigenvalue weighted by atomic mass is 10.1. The molecule has 1 amide bonds. The van der Waals surface area contributed by atoms with Gasteiger partial charge in [0, 0.05) is 11.0 Å². The van der Waals surface area contributed by atoms with Crippen molar-refractivity contribution < 1.29 is 4.79 Å². The van der Waals surface area contributed by atoms with E-state index in [0.29, 0.717) is 17.8 Å². The van der Waals surface area contributed by atoms with Gasteiger partial charge in [-0.3, -0.25) is 4.79 Å². The minimum absolute atomic E-state index is 0.172. The summed E-state index contributed by atoms with van der Waals surface area (Å²) in [6, 6.07) is 19.3. The fraction of sp³-hybridized carbons (Fsp3) is 0.100. The van der Waals surface area contributed by atoms with E-state index in [4.69, 9.17) is 0 Å². The predicted molar refractivity (Wildman–Crippen MR) is 105 cm³/mol. The fourth-order valence-electron chi connectivity index (χ4n) is 2.43. The molecule has 0 aliphatic carbocycles. The highest BCUT2D eigenvalue weighted by atomic mass is 79.9. The first-order valence-corrected chi connectivity index (χ1v) is 8.72. The molecule has 0 aliphatic rings. The van der Waals surface area contributed by atoms with Gasteiger partial charge in [-0.05, 0) is 52.7 Å². The molecule has 3 aromatic rings. The molecule has 2 aromatic carbocycles. The number of aromatic nitrogens is 1. The fourth-order valence-corrected chi connectivity index (χ4v) is 2.90. The number of nitrogens with zero attached hydrogens (tertiary/aromatic N) is 1. The molecule has 0 aliphatic heterocycles. The molecule has 1 heterocycles. The molecule has 0 radical (unpaired) electrons. The molecule has 0 saturated heterocycles. The summed E-state index contributed by atoms with van der Waals surface area (Å²) in [5.74, 6) is 0.593. The van der Waals surface area contributed by atoms with Crippen molar-refractivity contribution in [1.29, 1.82) is 0 Å². The number of halogens is 1. The third kappa shape index (κ3) is 4.67. The number of carbonyl (C=O) groups excluding carboxylic acids is 1. The summed E-state index contributed by atoms with van der Waals surface area (Å²) in [7, 11) is 0. The number of hydrogen-bond donors (Lipinski definition) is 2. The van der Waals surface area contributed by atoms with E-state index in [1.54, 1.807) is 12.3 Å². The molecular formula is C20H18BrN3O. The van der Waals surface area contributed by atoms with Crippen LogP contribution in [0.25, 0.3) is 0 Å². The molecule has 126 valence electrons. The first kappa shape index (κ1) is 17.2. The maximum absolute atomic E-state index is 12.3. The van der Waals surface area contributed by atoms with E-state index in [9.17, 15) is 4.79 Å². The van der Waals surface area contributed by atoms with Gasteiger partial charge in [0.05, 0.1) is 17.4 Å². The molecule has 0 spiro atoms. The van der Waals surface area contributed by atoms with Crippen molar-refractivity contribution in [2.75, 3.05) is 10.6 Å². The second kappa shape index (κ2) is 7.94. The molecule has 2 N–H and O–H groups in total. The van der Waals surface area contributed by atoms with Gasteiger partial charge < -0.3 is 10.6 Å². The minimum atomic E-state index is -0.172. The summed E-state index contributed by atoms with van der Waals surface area (Å²) in [6.07, 6.45) is 1.65. The quantitative estimate of drug-likeness (QED) is 0.637. The Balaban J connectivity index is 1.60. The van der Waals surface area contributed by atoms with Crippen molar-refractivity contribution in [2.45, 2.75) is 13.5 Å². The lowest BCUT2D eigenvalue weighted by Gasteiger charge is -2.09. The second-order valence-corrected chi connectivity index (χ2v) is 6.56. The minimum Gasteiger partial charge on any atom is -0.366 e. The number of aryl methyl sites for hydroxylation is 1. The van der Waals surface area contributed by atoms with Crippen LogP contribution in [0, 0.1) is 6.92 Å². The number of benzene rings is 2. The van der Waals surface area contributed by atoms with Crippen molar-refractivity contribution in [3.8, 4) is 0 Å². The number of anilines is 2. The lowest BCUT2D eigenvalue weighted by Crippen LogP contribution is -2.12.